The van der Waals surface area contributed by atoms with Crippen molar-refractivity contribution in [2.45, 2.75) is 64.3 Å². The standard InChI is InChI=1S/C14H21ClN2O2/c1-9(2)12-11(14(18)19)13(15)17(16-12)10-7-5-3-4-6-8-10/h9-10H,3-8H2,1-2H3,(H,18,19). The van der Waals surface area contributed by atoms with Gasteiger partial charge in [0.1, 0.15) is 10.7 Å². The van der Waals surface area contributed by atoms with Gasteiger partial charge >= 0.3 is 5.97 Å². The first kappa shape index (κ1) is 14.4. The molecule has 0 radical (unpaired) electrons. The molecule has 1 N–H and O–H groups in total. The topological polar surface area (TPSA) is 55.1 Å². The zero-order chi connectivity index (χ0) is 14.0. The number of aromatic carboxylic acids is 1. The highest BCUT2D eigenvalue weighted by atomic mass is 35.5. The summed E-state index contributed by atoms with van der Waals surface area (Å²) in [5, 5.41) is 14.1. The second-order valence-electron chi connectivity index (χ2n) is 5.60. The molecular formula is C14H21ClN2O2. The predicted molar refractivity (Wildman–Crippen MR) is 75.0 cm³/mol. The summed E-state index contributed by atoms with van der Waals surface area (Å²) in [5.41, 5.74) is 0.780. The summed E-state index contributed by atoms with van der Waals surface area (Å²) in [4.78, 5) is 11.4. The van der Waals surface area contributed by atoms with Gasteiger partial charge in [-0.1, -0.05) is 51.1 Å². The van der Waals surface area contributed by atoms with E-state index in [9.17, 15) is 9.90 Å². The number of aromatic nitrogens is 2. The number of rotatable bonds is 3. The van der Waals surface area contributed by atoms with Gasteiger partial charge in [-0.25, -0.2) is 9.48 Å². The molecule has 1 aromatic rings. The quantitative estimate of drug-likeness (QED) is 0.844. The van der Waals surface area contributed by atoms with Gasteiger partial charge < -0.3 is 5.11 Å². The van der Waals surface area contributed by atoms with Crippen molar-refractivity contribution in [3.63, 3.8) is 0 Å². The second-order valence-corrected chi connectivity index (χ2v) is 5.96. The van der Waals surface area contributed by atoms with Crippen molar-refractivity contribution >= 4 is 17.6 Å². The Hall–Kier alpha value is -1.03. The first-order valence-electron chi connectivity index (χ1n) is 7.03. The van der Waals surface area contributed by atoms with Gasteiger partial charge in [-0.05, 0) is 18.8 Å². The number of nitrogens with zero attached hydrogens (tertiary/aromatic N) is 2. The minimum atomic E-state index is -0.978. The van der Waals surface area contributed by atoms with Crippen LogP contribution in [0.25, 0.3) is 0 Å². The van der Waals surface area contributed by atoms with Gasteiger partial charge in [0.15, 0.2) is 0 Å². The van der Waals surface area contributed by atoms with Gasteiger partial charge in [-0.2, -0.15) is 5.10 Å². The van der Waals surface area contributed by atoms with Crippen LogP contribution in [-0.2, 0) is 0 Å². The average Bonchev–Trinajstić information content (AvgIpc) is 2.53. The van der Waals surface area contributed by atoms with E-state index in [1.807, 2.05) is 13.8 Å². The fourth-order valence-corrected chi connectivity index (χ4v) is 3.13. The van der Waals surface area contributed by atoms with Crippen molar-refractivity contribution in [2.75, 3.05) is 0 Å². The Labute approximate surface area is 118 Å². The molecule has 5 heteroatoms. The first-order chi connectivity index (χ1) is 9.02. The summed E-state index contributed by atoms with van der Waals surface area (Å²) in [7, 11) is 0. The van der Waals surface area contributed by atoms with Crippen LogP contribution in [0.5, 0.6) is 0 Å². The Balaban J connectivity index is 2.40. The highest BCUT2D eigenvalue weighted by Gasteiger charge is 2.27. The highest BCUT2D eigenvalue weighted by molar-refractivity contribution is 6.32. The lowest BCUT2D eigenvalue weighted by Crippen LogP contribution is -2.10. The number of carboxylic acids is 1. The summed E-state index contributed by atoms with van der Waals surface area (Å²) in [6.45, 7) is 3.89. The fourth-order valence-electron chi connectivity index (χ4n) is 2.78. The number of hydrogen-bond donors (Lipinski definition) is 1. The predicted octanol–water partition coefficient (Wildman–Crippen LogP) is 4.25. The Morgan fingerprint density at radius 3 is 2.32 bits per heavy atom. The minimum Gasteiger partial charge on any atom is -0.478 e. The molecule has 0 atom stereocenters. The van der Waals surface area contributed by atoms with Crippen LogP contribution in [0.4, 0.5) is 0 Å². The summed E-state index contributed by atoms with van der Waals surface area (Å²) < 4.78 is 1.76. The molecule has 0 aromatic carbocycles. The van der Waals surface area contributed by atoms with Gasteiger partial charge in [-0.3, -0.25) is 0 Å². The maximum Gasteiger partial charge on any atom is 0.340 e. The van der Waals surface area contributed by atoms with Gasteiger partial charge in [0.25, 0.3) is 0 Å². The molecule has 1 fully saturated rings. The lowest BCUT2D eigenvalue weighted by atomic mass is 10.1. The van der Waals surface area contributed by atoms with E-state index in [2.05, 4.69) is 5.10 Å². The van der Waals surface area contributed by atoms with E-state index in [4.69, 9.17) is 11.6 Å². The third kappa shape index (κ3) is 2.94. The Morgan fingerprint density at radius 2 is 1.89 bits per heavy atom. The first-order valence-corrected chi connectivity index (χ1v) is 7.41. The smallest absolute Gasteiger partial charge is 0.340 e. The lowest BCUT2D eigenvalue weighted by molar-refractivity contribution is 0.0695. The van der Waals surface area contributed by atoms with Gasteiger partial charge in [0, 0.05) is 0 Å². The van der Waals surface area contributed by atoms with E-state index in [1.54, 1.807) is 4.68 Å². The SMILES string of the molecule is CC(C)c1nn(C2CCCCCC2)c(Cl)c1C(=O)O. The van der Waals surface area contributed by atoms with Crippen LogP contribution in [0.1, 0.15) is 80.4 Å². The van der Waals surface area contributed by atoms with Crippen LogP contribution in [0.2, 0.25) is 5.15 Å². The van der Waals surface area contributed by atoms with Crippen molar-refractivity contribution in [1.82, 2.24) is 9.78 Å². The molecule has 4 nitrogen and oxygen atoms in total. The van der Waals surface area contributed by atoms with Crippen LogP contribution < -0.4 is 0 Å². The van der Waals surface area contributed by atoms with Gasteiger partial charge in [0.05, 0.1) is 11.7 Å². The average molecular weight is 285 g/mol. The van der Waals surface area contributed by atoms with E-state index in [0.29, 0.717) is 10.8 Å². The molecule has 1 aromatic heterocycles. The summed E-state index contributed by atoms with van der Waals surface area (Å²) in [6, 6.07) is 0.251. The molecule has 0 saturated heterocycles. The molecule has 106 valence electrons. The Morgan fingerprint density at radius 1 is 1.32 bits per heavy atom. The normalized spacial score (nSPS) is 17.7. The molecule has 0 aliphatic heterocycles. The van der Waals surface area contributed by atoms with Gasteiger partial charge in [-0.15, -0.1) is 0 Å². The molecular weight excluding hydrogens is 264 g/mol. The molecule has 1 aliphatic carbocycles. The molecule has 1 heterocycles. The minimum absolute atomic E-state index is 0.0654. The van der Waals surface area contributed by atoms with Crippen molar-refractivity contribution < 1.29 is 9.90 Å². The molecule has 0 bridgehead atoms. The molecule has 19 heavy (non-hydrogen) atoms. The number of halogens is 1. The van der Waals surface area contributed by atoms with E-state index in [0.717, 1.165) is 12.8 Å². The molecule has 1 saturated carbocycles. The van der Waals surface area contributed by atoms with E-state index >= 15 is 0 Å². The van der Waals surface area contributed by atoms with Crippen molar-refractivity contribution in [2.24, 2.45) is 0 Å². The molecule has 0 amide bonds. The molecule has 0 unspecified atom stereocenters. The molecule has 2 rings (SSSR count). The van der Waals surface area contributed by atoms with Crippen LogP contribution >= 0.6 is 11.6 Å². The zero-order valence-electron chi connectivity index (χ0n) is 11.5. The van der Waals surface area contributed by atoms with Crippen molar-refractivity contribution in [1.29, 1.82) is 0 Å². The van der Waals surface area contributed by atoms with Crippen LogP contribution in [0.15, 0.2) is 0 Å². The van der Waals surface area contributed by atoms with E-state index in [-0.39, 0.29) is 17.5 Å². The van der Waals surface area contributed by atoms with Crippen molar-refractivity contribution in [3.05, 3.63) is 16.4 Å². The van der Waals surface area contributed by atoms with E-state index < -0.39 is 5.97 Å². The highest BCUT2D eigenvalue weighted by Crippen LogP contribution is 2.33. The third-order valence-electron chi connectivity index (χ3n) is 3.81. The number of carbonyl (C=O) groups is 1. The van der Waals surface area contributed by atoms with Crippen LogP contribution in [0, 0.1) is 0 Å². The molecule has 1 aliphatic rings. The number of hydrogen-bond acceptors (Lipinski definition) is 2. The Bertz CT molecular complexity index is 460. The zero-order valence-corrected chi connectivity index (χ0v) is 12.3. The summed E-state index contributed by atoms with van der Waals surface area (Å²) >= 11 is 6.27. The largest absolute Gasteiger partial charge is 0.478 e. The van der Waals surface area contributed by atoms with E-state index in [1.165, 1.54) is 25.7 Å². The fraction of sp³-hybridized carbons (Fsp3) is 0.714. The van der Waals surface area contributed by atoms with Crippen LogP contribution in [-0.4, -0.2) is 20.9 Å². The van der Waals surface area contributed by atoms with Crippen LogP contribution in [0.3, 0.4) is 0 Å². The molecule has 0 spiro atoms. The number of carboxylic acid groups (broad SMARTS) is 1. The maximum absolute atomic E-state index is 11.4. The van der Waals surface area contributed by atoms with Gasteiger partial charge in [0.2, 0.25) is 0 Å². The third-order valence-corrected chi connectivity index (χ3v) is 4.17. The van der Waals surface area contributed by atoms with Crippen molar-refractivity contribution in [3.8, 4) is 0 Å². The summed E-state index contributed by atoms with van der Waals surface area (Å²) in [6.07, 6.45) is 6.91. The Kier molecular flexibility index (Phi) is 4.50. The summed E-state index contributed by atoms with van der Waals surface area (Å²) in [5.74, 6) is -0.913. The maximum atomic E-state index is 11.4. The lowest BCUT2D eigenvalue weighted by Gasteiger charge is -2.15. The monoisotopic (exact) mass is 284 g/mol. The second kappa shape index (κ2) is 5.95.